The first-order chi connectivity index (χ1) is 15.6. The predicted octanol–water partition coefficient (Wildman–Crippen LogP) is 5.93. The minimum Gasteiger partial charge on any atom is -0.374 e. The van der Waals surface area contributed by atoms with Gasteiger partial charge in [0.25, 0.3) is 0 Å². The molecule has 0 saturated carbocycles. The fourth-order valence-corrected chi connectivity index (χ4v) is 4.75. The summed E-state index contributed by atoms with van der Waals surface area (Å²) in [4.78, 5) is 2.45. The average Bonchev–Trinajstić information content (AvgIpc) is 3.14. The first kappa shape index (κ1) is 22.8. The van der Waals surface area contributed by atoms with E-state index in [1.54, 1.807) is 0 Å². The van der Waals surface area contributed by atoms with Crippen molar-refractivity contribution in [3.63, 3.8) is 0 Å². The van der Waals surface area contributed by atoms with Crippen LogP contribution >= 0.6 is 11.6 Å². The van der Waals surface area contributed by atoms with Crippen molar-refractivity contribution in [2.24, 2.45) is 5.92 Å². The van der Waals surface area contributed by atoms with Crippen LogP contribution in [-0.2, 0) is 13.0 Å². The monoisotopic (exact) mass is 447 g/mol. The summed E-state index contributed by atoms with van der Waals surface area (Å²) in [5, 5.41) is 4.65. The molecule has 1 fully saturated rings. The Morgan fingerprint density at radius 3 is 2.59 bits per heavy atom. The van der Waals surface area contributed by atoms with E-state index in [0.717, 1.165) is 30.3 Å². The molecule has 0 aliphatic carbocycles. The Balaban J connectivity index is 1.44. The van der Waals surface area contributed by atoms with E-state index in [0.29, 0.717) is 12.4 Å². The van der Waals surface area contributed by atoms with Crippen molar-refractivity contribution < 1.29 is 0 Å². The van der Waals surface area contributed by atoms with E-state index in [1.807, 2.05) is 0 Å². The molecule has 2 heterocycles. The topological polar surface area (TPSA) is 20.2 Å². The molecule has 4 heteroatoms. The standard InChI is InChI=1S/C28H34ClN3/c1-22-5-10-26(11-6-22)30-16-3-4-27-21-25-20-24(9-12-28(25)32(27)19-15-29)8-7-23-13-17-31(2)18-14-23/h5-6,9-12,20-21,23,30H,7-8,13-19H2,1-2H3. The van der Waals surface area contributed by atoms with Crippen LogP contribution in [0.3, 0.4) is 0 Å². The number of aryl methyl sites for hydroxylation is 3. The molecule has 0 bridgehead atoms. The summed E-state index contributed by atoms with van der Waals surface area (Å²) < 4.78 is 2.25. The zero-order valence-corrected chi connectivity index (χ0v) is 20.1. The van der Waals surface area contributed by atoms with Crippen molar-refractivity contribution in [3.05, 3.63) is 65.4 Å². The summed E-state index contributed by atoms with van der Waals surface area (Å²) >= 11 is 6.11. The first-order valence-corrected chi connectivity index (χ1v) is 12.3. The summed E-state index contributed by atoms with van der Waals surface area (Å²) in [6, 6.07) is 17.5. The van der Waals surface area contributed by atoms with Gasteiger partial charge in [0.05, 0.1) is 12.2 Å². The lowest BCUT2D eigenvalue weighted by atomic mass is 9.90. The number of anilines is 1. The summed E-state index contributed by atoms with van der Waals surface area (Å²) in [5.41, 5.74) is 6.06. The molecule has 0 spiro atoms. The summed E-state index contributed by atoms with van der Waals surface area (Å²) in [6.07, 6.45) is 5.12. The van der Waals surface area contributed by atoms with E-state index < -0.39 is 0 Å². The molecule has 1 aliphatic rings. The largest absolute Gasteiger partial charge is 0.374 e. The molecule has 3 nitrogen and oxygen atoms in total. The number of piperidine rings is 1. The van der Waals surface area contributed by atoms with Crippen LogP contribution in [0.4, 0.5) is 5.69 Å². The zero-order valence-electron chi connectivity index (χ0n) is 19.3. The number of hydrogen-bond acceptors (Lipinski definition) is 2. The van der Waals surface area contributed by atoms with E-state index in [-0.39, 0.29) is 0 Å². The van der Waals surface area contributed by atoms with Crippen LogP contribution in [-0.4, -0.2) is 42.0 Å². The highest BCUT2D eigenvalue weighted by atomic mass is 35.5. The second kappa shape index (κ2) is 10.9. The van der Waals surface area contributed by atoms with Crippen molar-refractivity contribution in [3.8, 4) is 11.8 Å². The molecule has 32 heavy (non-hydrogen) atoms. The van der Waals surface area contributed by atoms with Gasteiger partial charge in [0.2, 0.25) is 0 Å². The maximum atomic E-state index is 6.11. The van der Waals surface area contributed by atoms with E-state index in [1.165, 1.54) is 54.4 Å². The molecule has 1 N–H and O–H groups in total. The van der Waals surface area contributed by atoms with Gasteiger partial charge < -0.3 is 14.8 Å². The van der Waals surface area contributed by atoms with Gasteiger partial charge >= 0.3 is 0 Å². The molecule has 0 unspecified atom stereocenters. The third kappa shape index (κ3) is 5.88. The van der Waals surface area contributed by atoms with Crippen molar-refractivity contribution >= 4 is 28.2 Å². The quantitative estimate of drug-likeness (QED) is 0.358. The van der Waals surface area contributed by atoms with Crippen molar-refractivity contribution in [2.45, 2.75) is 39.2 Å². The molecule has 168 valence electrons. The smallest absolute Gasteiger partial charge is 0.0931 e. The number of alkyl halides is 1. The lowest BCUT2D eigenvalue weighted by Crippen LogP contribution is -2.30. The van der Waals surface area contributed by atoms with Gasteiger partial charge in [-0.1, -0.05) is 29.7 Å². The van der Waals surface area contributed by atoms with Crippen LogP contribution < -0.4 is 5.32 Å². The minimum absolute atomic E-state index is 0.581. The van der Waals surface area contributed by atoms with Crippen LogP contribution in [0, 0.1) is 24.7 Å². The summed E-state index contributed by atoms with van der Waals surface area (Å²) in [5.74, 6) is 8.09. The first-order valence-electron chi connectivity index (χ1n) is 11.8. The molecule has 1 aliphatic heterocycles. The Kier molecular flexibility index (Phi) is 7.79. The number of halogens is 1. The van der Waals surface area contributed by atoms with E-state index in [9.17, 15) is 0 Å². The van der Waals surface area contributed by atoms with Crippen molar-refractivity contribution in [1.82, 2.24) is 9.47 Å². The van der Waals surface area contributed by atoms with Gasteiger partial charge in [0.15, 0.2) is 0 Å². The van der Waals surface area contributed by atoms with E-state index >= 15 is 0 Å². The number of benzene rings is 2. The highest BCUT2D eigenvalue weighted by Gasteiger charge is 2.16. The fraction of sp³-hybridized carbons (Fsp3) is 0.429. The highest BCUT2D eigenvalue weighted by molar-refractivity contribution is 6.17. The Hall–Kier alpha value is -2.41. The molecule has 4 rings (SSSR count). The lowest BCUT2D eigenvalue weighted by Gasteiger charge is -2.28. The Morgan fingerprint density at radius 2 is 1.84 bits per heavy atom. The average molecular weight is 448 g/mol. The van der Waals surface area contributed by atoms with Crippen LogP contribution in [0.5, 0.6) is 0 Å². The molecular weight excluding hydrogens is 414 g/mol. The van der Waals surface area contributed by atoms with Gasteiger partial charge in [-0.3, -0.25) is 0 Å². The minimum atomic E-state index is 0.581. The maximum Gasteiger partial charge on any atom is 0.0931 e. The maximum absolute atomic E-state index is 6.11. The van der Waals surface area contributed by atoms with Gasteiger partial charge in [0, 0.05) is 29.0 Å². The Bertz CT molecular complexity index is 1080. The lowest BCUT2D eigenvalue weighted by molar-refractivity contribution is 0.212. The molecule has 0 amide bonds. The van der Waals surface area contributed by atoms with Crippen molar-refractivity contribution in [1.29, 1.82) is 0 Å². The number of fused-ring (bicyclic) bond motifs is 1. The van der Waals surface area contributed by atoms with Gasteiger partial charge in [-0.05, 0) is 100 Å². The Morgan fingerprint density at radius 1 is 1.06 bits per heavy atom. The van der Waals surface area contributed by atoms with Gasteiger partial charge in [-0.25, -0.2) is 0 Å². The number of likely N-dealkylation sites (tertiary alicyclic amines) is 1. The molecular formula is C28H34ClN3. The molecule has 3 aromatic rings. The Labute approximate surface area is 197 Å². The van der Waals surface area contributed by atoms with Gasteiger partial charge in [-0.2, -0.15) is 0 Å². The van der Waals surface area contributed by atoms with Crippen LogP contribution in [0.2, 0.25) is 0 Å². The molecule has 1 aromatic heterocycles. The van der Waals surface area contributed by atoms with Crippen LogP contribution in [0.15, 0.2) is 48.5 Å². The third-order valence-corrected chi connectivity index (χ3v) is 6.77. The highest BCUT2D eigenvalue weighted by Crippen LogP contribution is 2.25. The normalized spacial score (nSPS) is 15.0. The van der Waals surface area contributed by atoms with Gasteiger partial charge in [0.1, 0.15) is 0 Å². The van der Waals surface area contributed by atoms with Gasteiger partial charge in [-0.15, -0.1) is 11.6 Å². The summed E-state index contributed by atoms with van der Waals surface area (Å²) in [7, 11) is 2.23. The third-order valence-electron chi connectivity index (χ3n) is 6.60. The predicted molar refractivity (Wildman–Crippen MR) is 138 cm³/mol. The second-order valence-electron chi connectivity index (χ2n) is 9.07. The molecule has 1 saturated heterocycles. The number of rotatable bonds is 7. The SMILES string of the molecule is Cc1ccc(NCC#Cc2cc3cc(CCC4CCN(C)CC4)ccc3n2CCCl)cc1. The number of hydrogen-bond donors (Lipinski definition) is 1. The second-order valence-corrected chi connectivity index (χ2v) is 9.45. The number of nitrogens with zero attached hydrogens (tertiary/aromatic N) is 2. The van der Waals surface area contributed by atoms with E-state index in [2.05, 4.69) is 89.1 Å². The summed E-state index contributed by atoms with van der Waals surface area (Å²) in [6.45, 7) is 5.97. The van der Waals surface area contributed by atoms with Crippen LogP contribution in [0.1, 0.15) is 36.1 Å². The van der Waals surface area contributed by atoms with E-state index in [4.69, 9.17) is 11.6 Å². The molecule has 0 radical (unpaired) electrons. The number of nitrogens with one attached hydrogen (secondary N) is 1. The van der Waals surface area contributed by atoms with Crippen LogP contribution in [0.25, 0.3) is 10.9 Å². The van der Waals surface area contributed by atoms with Crippen molar-refractivity contribution in [2.75, 3.05) is 37.9 Å². The zero-order chi connectivity index (χ0) is 22.3. The number of aromatic nitrogens is 1. The fourth-order valence-electron chi connectivity index (χ4n) is 4.58. The molecule has 2 aromatic carbocycles. The molecule has 0 atom stereocenters.